The molecule has 7 nitrogen and oxygen atoms in total. The fourth-order valence-electron chi connectivity index (χ4n) is 4.38. The Kier molecular flexibility index (Phi) is 12.1. The van der Waals surface area contributed by atoms with Crippen LogP contribution in [0.2, 0.25) is 0 Å². The molecule has 32 heavy (non-hydrogen) atoms. The number of carbonyl (C=O) groups is 1. The molecule has 0 aromatic heterocycles. The van der Waals surface area contributed by atoms with Crippen LogP contribution in [0, 0.1) is 5.92 Å². The zero-order chi connectivity index (χ0) is 21.4. The third-order valence-electron chi connectivity index (χ3n) is 6.17. The summed E-state index contributed by atoms with van der Waals surface area (Å²) in [6.07, 6.45) is 9.95. The number of ether oxygens (including phenoxy) is 1. The van der Waals surface area contributed by atoms with Gasteiger partial charge in [0.25, 0.3) is 0 Å². The van der Waals surface area contributed by atoms with Gasteiger partial charge in [0, 0.05) is 25.7 Å². The van der Waals surface area contributed by atoms with Crippen LogP contribution in [0.25, 0.3) is 0 Å². The number of nitrogens with zero attached hydrogens (tertiary/aromatic N) is 1. The zero-order valence-electron chi connectivity index (χ0n) is 17.9. The minimum absolute atomic E-state index is 0. The minimum Gasteiger partial charge on any atom is -0.497 e. The van der Waals surface area contributed by atoms with Crippen molar-refractivity contribution >= 4 is 16.1 Å². The van der Waals surface area contributed by atoms with E-state index in [9.17, 15) is 13.2 Å². The average Bonchev–Trinajstić information content (AvgIpc) is 2.74. The van der Waals surface area contributed by atoms with Gasteiger partial charge >= 0.3 is 6.03 Å². The van der Waals surface area contributed by atoms with E-state index in [1.165, 1.54) is 36.4 Å². The van der Waals surface area contributed by atoms with Gasteiger partial charge in [-0.05, 0) is 55.9 Å². The maximum Gasteiger partial charge on any atom is 0.315 e. The van der Waals surface area contributed by atoms with Crippen LogP contribution in [0.3, 0.4) is 0 Å². The van der Waals surface area contributed by atoms with Crippen molar-refractivity contribution in [3.8, 4) is 5.75 Å². The smallest absolute Gasteiger partial charge is 0.315 e. The summed E-state index contributed by atoms with van der Waals surface area (Å²) in [7, 11) is -1.98. The zero-order valence-corrected chi connectivity index (χ0v) is 18.8. The van der Waals surface area contributed by atoms with Crippen molar-refractivity contribution in [2.75, 3.05) is 26.7 Å². The molecule has 184 valence electrons. The van der Waals surface area contributed by atoms with Crippen LogP contribution >= 0.6 is 0 Å². The van der Waals surface area contributed by atoms with Crippen molar-refractivity contribution < 1.29 is 17.9 Å². The summed E-state index contributed by atoms with van der Waals surface area (Å²) < 4.78 is 32.6. The molecule has 2 amide bonds. The lowest BCUT2D eigenvalue weighted by molar-refractivity contribution is 0.224. The largest absolute Gasteiger partial charge is 0.497 e. The first kappa shape index (κ1) is 28.2. The molecule has 1 aliphatic heterocycles. The van der Waals surface area contributed by atoms with Gasteiger partial charge in [-0.3, -0.25) is 0 Å². The Bertz CT molecular complexity index is 775. The normalized spacial score (nSPS) is 20.6. The minimum atomic E-state index is -3.54. The van der Waals surface area contributed by atoms with E-state index in [1.54, 1.807) is 31.4 Å². The second-order valence-electron chi connectivity index (χ2n) is 8.44. The van der Waals surface area contributed by atoms with Crippen molar-refractivity contribution in [3.05, 3.63) is 24.3 Å². The first-order valence-corrected chi connectivity index (χ1v) is 12.6. The highest BCUT2D eigenvalue weighted by molar-refractivity contribution is 7.89. The highest BCUT2D eigenvalue weighted by Gasteiger charge is 2.30. The monoisotopic (exact) mass is 469 g/mol. The lowest BCUT2D eigenvalue weighted by Crippen LogP contribution is -2.47. The third-order valence-corrected chi connectivity index (χ3v) is 8.05. The number of hydrogen-bond acceptors (Lipinski definition) is 4. The topological polar surface area (TPSA) is 87.7 Å². The van der Waals surface area contributed by atoms with Crippen LogP contribution in [0.5, 0.6) is 5.75 Å². The Morgan fingerprint density at radius 1 is 1.00 bits per heavy atom. The average molecular weight is 470 g/mol. The van der Waals surface area contributed by atoms with Gasteiger partial charge in [-0.25, -0.2) is 13.2 Å². The second kappa shape index (κ2) is 13.7. The second-order valence-corrected chi connectivity index (χ2v) is 10.4. The van der Waals surface area contributed by atoms with E-state index in [-0.39, 0.29) is 37.7 Å². The molecule has 1 atom stereocenters. The van der Waals surface area contributed by atoms with Gasteiger partial charge in [-0.1, -0.05) is 47.0 Å². The summed E-state index contributed by atoms with van der Waals surface area (Å²) in [5, 5.41) is 6.09. The van der Waals surface area contributed by atoms with Gasteiger partial charge in [0.15, 0.2) is 0 Å². The van der Waals surface area contributed by atoms with E-state index in [1.807, 2.05) is 0 Å². The van der Waals surface area contributed by atoms with Crippen LogP contribution in [0.15, 0.2) is 29.2 Å². The van der Waals surface area contributed by atoms with Gasteiger partial charge < -0.3 is 15.4 Å². The van der Waals surface area contributed by atoms with E-state index in [2.05, 4.69) is 10.6 Å². The SMILES string of the molecule is C.C.COc1ccc(S(=O)(=O)N2CCCC(CNC(=O)NC3CCCCCCC3)C2)cc1. The number of rotatable bonds is 6. The number of amides is 2. The Labute approximate surface area is 195 Å². The predicted molar refractivity (Wildman–Crippen MR) is 131 cm³/mol. The quantitative estimate of drug-likeness (QED) is 0.628. The highest BCUT2D eigenvalue weighted by Crippen LogP contribution is 2.25. The maximum atomic E-state index is 13.0. The number of sulfonamides is 1. The molecule has 0 bridgehead atoms. The summed E-state index contributed by atoms with van der Waals surface area (Å²) in [4.78, 5) is 12.6. The Balaban J connectivity index is 0.00000256. The fourth-order valence-corrected chi connectivity index (χ4v) is 5.94. The van der Waals surface area contributed by atoms with Crippen LogP contribution in [0.4, 0.5) is 4.79 Å². The molecule has 3 rings (SSSR count). The standard InChI is InChI=1S/C22H35N3O4S.2CH4/c1-29-20-11-13-21(14-12-20)30(27,28)25-15-7-8-18(17-25)16-23-22(26)24-19-9-5-3-2-4-6-10-19;;/h11-14,18-19H,2-10,15-17H2,1H3,(H2,23,24,26);2*1H4. The van der Waals surface area contributed by atoms with Crippen molar-refractivity contribution in [1.82, 2.24) is 14.9 Å². The summed E-state index contributed by atoms with van der Waals surface area (Å²) in [6.45, 7) is 1.43. The number of nitrogens with one attached hydrogen (secondary N) is 2. The van der Waals surface area contributed by atoms with Gasteiger partial charge in [0.1, 0.15) is 5.75 Å². The molecule has 2 fully saturated rings. The number of hydrogen-bond donors (Lipinski definition) is 2. The van der Waals surface area contributed by atoms with E-state index in [0.717, 1.165) is 25.7 Å². The summed E-state index contributed by atoms with van der Waals surface area (Å²) >= 11 is 0. The Hall–Kier alpha value is -1.80. The van der Waals surface area contributed by atoms with Crippen LogP contribution in [-0.2, 0) is 10.0 Å². The van der Waals surface area contributed by atoms with Crippen molar-refractivity contribution in [3.63, 3.8) is 0 Å². The molecule has 0 spiro atoms. The molecule has 1 aromatic carbocycles. The molecular formula is C24H43N3O4S. The number of piperidine rings is 1. The first-order valence-electron chi connectivity index (χ1n) is 11.2. The van der Waals surface area contributed by atoms with E-state index in [0.29, 0.717) is 25.4 Å². The Morgan fingerprint density at radius 2 is 1.62 bits per heavy atom. The van der Waals surface area contributed by atoms with Gasteiger partial charge in [0.2, 0.25) is 10.0 Å². The molecule has 1 saturated carbocycles. The van der Waals surface area contributed by atoms with Crippen molar-refractivity contribution in [2.45, 2.75) is 83.6 Å². The molecular weight excluding hydrogens is 426 g/mol. The molecule has 1 aromatic rings. The highest BCUT2D eigenvalue weighted by atomic mass is 32.2. The summed E-state index contributed by atoms with van der Waals surface area (Å²) in [6, 6.07) is 6.61. The molecule has 1 heterocycles. The van der Waals surface area contributed by atoms with Crippen LogP contribution in [0.1, 0.15) is 72.6 Å². The number of urea groups is 1. The van der Waals surface area contributed by atoms with Gasteiger partial charge in [-0.2, -0.15) is 4.31 Å². The lowest BCUT2D eigenvalue weighted by atomic mass is 9.97. The fraction of sp³-hybridized carbons (Fsp3) is 0.708. The maximum absolute atomic E-state index is 13.0. The van der Waals surface area contributed by atoms with Crippen LogP contribution < -0.4 is 15.4 Å². The van der Waals surface area contributed by atoms with E-state index in [4.69, 9.17) is 4.74 Å². The molecule has 8 heteroatoms. The first-order chi connectivity index (χ1) is 14.5. The van der Waals surface area contributed by atoms with E-state index >= 15 is 0 Å². The Morgan fingerprint density at radius 3 is 2.25 bits per heavy atom. The molecule has 1 unspecified atom stereocenters. The van der Waals surface area contributed by atoms with Crippen LogP contribution in [-0.4, -0.2) is 51.5 Å². The summed E-state index contributed by atoms with van der Waals surface area (Å²) in [5.74, 6) is 0.750. The number of benzene rings is 1. The molecule has 1 saturated heterocycles. The predicted octanol–water partition coefficient (Wildman–Crippen LogP) is 4.78. The molecule has 2 N–H and O–H groups in total. The molecule has 0 radical (unpaired) electrons. The number of methoxy groups -OCH3 is 1. The number of carbonyl (C=O) groups excluding carboxylic acids is 1. The molecule has 1 aliphatic carbocycles. The summed E-state index contributed by atoms with van der Waals surface area (Å²) in [5.41, 5.74) is 0. The lowest BCUT2D eigenvalue weighted by Gasteiger charge is -2.32. The van der Waals surface area contributed by atoms with Gasteiger partial charge in [-0.15, -0.1) is 0 Å². The molecule has 2 aliphatic rings. The third kappa shape index (κ3) is 7.96. The van der Waals surface area contributed by atoms with Crippen molar-refractivity contribution in [2.24, 2.45) is 5.92 Å². The van der Waals surface area contributed by atoms with E-state index < -0.39 is 10.0 Å². The van der Waals surface area contributed by atoms with Gasteiger partial charge in [0.05, 0.1) is 12.0 Å². The van der Waals surface area contributed by atoms with Crippen molar-refractivity contribution in [1.29, 1.82) is 0 Å².